The SMILES string of the molecule is CC1CC(C)(C)SC[C@@H](C(=O)O)N1. The van der Waals surface area contributed by atoms with Crippen molar-refractivity contribution in [2.75, 3.05) is 5.75 Å². The molecule has 1 saturated heterocycles. The van der Waals surface area contributed by atoms with Crippen LogP contribution >= 0.6 is 11.8 Å². The summed E-state index contributed by atoms with van der Waals surface area (Å²) in [6.07, 6.45) is 1.02. The predicted octanol–water partition coefficient (Wildman–Crippen LogP) is 1.33. The summed E-state index contributed by atoms with van der Waals surface area (Å²) >= 11 is 1.74. The van der Waals surface area contributed by atoms with Gasteiger partial charge < -0.3 is 10.4 Å². The van der Waals surface area contributed by atoms with Gasteiger partial charge in [-0.25, -0.2) is 0 Å². The maximum atomic E-state index is 10.8. The van der Waals surface area contributed by atoms with Crippen LogP contribution in [-0.2, 0) is 4.79 Å². The van der Waals surface area contributed by atoms with E-state index in [-0.39, 0.29) is 16.8 Å². The first-order valence-electron chi connectivity index (χ1n) is 4.53. The molecule has 0 saturated carbocycles. The number of carbonyl (C=O) groups is 1. The fourth-order valence-corrected chi connectivity index (χ4v) is 2.92. The Morgan fingerprint density at radius 2 is 2.23 bits per heavy atom. The van der Waals surface area contributed by atoms with E-state index in [1.807, 2.05) is 6.92 Å². The summed E-state index contributed by atoms with van der Waals surface area (Å²) in [6, 6.07) is -0.104. The summed E-state index contributed by atoms with van der Waals surface area (Å²) in [6.45, 7) is 6.38. The lowest BCUT2D eigenvalue weighted by Gasteiger charge is -2.23. The second-order valence-corrected chi connectivity index (χ2v) is 5.96. The molecule has 2 atom stereocenters. The molecule has 1 unspecified atom stereocenters. The van der Waals surface area contributed by atoms with Crippen molar-refractivity contribution in [2.45, 2.75) is 44.0 Å². The summed E-state index contributed by atoms with van der Waals surface area (Å²) in [4.78, 5) is 10.8. The van der Waals surface area contributed by atoms with Crippen molar-refractivity contribution in [3.63, 3.8) is 0 Å². The van der Waals surface area contributed by atoms with E-state index in [0.717, 1.165) is 6.42 Å². The highest BCUT2D eigenvalue weighted by atomic mass is 32.2. The third-order valence-electron chi connectivity index (χ3n) is 2.22. The van der Waals surface area contributed by atoms with E-state index < -0.39 is 5.97 Å². The first-order valence-corrected chi connectivity index (χ1v) is 5.52. The van der Waals surface area contributed by atoms with Gasteiger partial charge in [0.2, 0.25) is 0 Å². The number of carboxylic acids is 1. The van der Waals surface area contributed by atoms with Crippen molar-refractivity contribution in [1.82, 2.24) is 5.32 Å². The minimum absolute atomic E-state index is 0.191. The number of thioether (sulfide) groups is 1. The molecule has 1 heterocycles. The van der Waals surface area contributed by atoms with Crippen LogP contribution in [0.3, 0.4) is 0 Å². The first kappa shape index (κ1) is 10.9. The quantitative estimate of drug-likeness (QED) is 0.675. The zero-order valence-electron chi connectivity index (χ0n) is 8.33. The molecule has 76 valence electrons. The summed E-state index contributed by atoms with van der Waals surface area (Å²) in [5.41, 5.74) is 0. The van der Waals surface area contributed by atoms with E-state index in [1.54, 1.807) is 11.8 Å². The molecule has 0 aromatic heterocycles. The Morgan fingerprint density at radius 3 is 2.77 bits per heavy atom. The van der Waals surface area contributed by atoms with Crippen molar-refractivity contribution < 1.29 is 9.90 Å². The van der Waals surface area contributed by atoms with Gasteiger partial charge in [0.25, 0.3) is 0 Å². The lowest BCUT2D eigenvalue weighted by Crippen LogP contribution is -2.42. The molecule has 0 spiro atoms. The Bertz CT molecular complexity index is 206. The number of rotatable bonds is 1. The molecule has 2 N–H and O–H groups in total. The highest BCUT2D eigenvalue weighted by molar-refractivity contribution is 8.00. The standard InChI is InChI=1S/C9H17NO2S/c1-6-4-9(2,3)13-5-7(10-6)8(11)12/h6-7,10H,4-5H2,1-3H3,(H,11,12)/t6?,7-/m0/s1. The van der Waals surface area contributed by atoms with Crippen molar-refractivity contribution in [3.8, 4) is 0 Å². The minimum Gasteiger partial charge on any atom is -0.480 e. The van der Waals surface area contributed by atoms with Crippen LogP contribution < -0.4 is 5.32 Å². The van der Waals surface area contributed by atoms with Crippen molar-refractivity contribution in [2.24, 2.45) is 0 Å². The van der Waals surface area contributed by atoms with Gasteiger partial charge in [-0.3, -0.25) is 4.79 Å². The van der Waals surface area contributed by atoms with Crippen LogP contribution in [0.15, 0.2) is 0 Å². The van der Waals surface area contributed by atoms with Crippen molar-refractivity contribution >= 4 is 17.7 Å². The maximum Gasteiger partial charge on any atom is 0.321 e. The van der Waals surface area contributed by atoms with Crippen LogP contribution in [0.25, 0.3) is 0 Å². The highest BCUT2D eigenvalue weighted by Gasteiger charge is 2.31. The first-order chi connectivity index (χ1) is 5.91. The number of aliphatic carboxylic acids is 1. The lowest BCUT2D eigenvalue weighted by molar-refractivity contribution is -0.139. The van der Waals surface area contributed by atoms with Gasteiger partial charge in [-0.2, -0.15) is 11.8 Å². The van der Waals surface area contributed by atoms with Crippen LogP contribution in [0.1, 0.15) is 27.2 Å². The normalized spacial score (nSPS) is 33.8. The Morgan fingerprint density at radius 1 is 1.62 bits per heavy atom. The Balaban J connectivity index is 2.63. The van der Waals surface area contributed by atoms with E-state index in [9.17, 15) is 4.79 Å². The Hall–Kier alpha value is -0.220. The molecular weight excluding hydrogens is 186 g/mol. The van der Waals surface area contributed by atoms with E-state index in [2.05, 4.69) is 19.2 Å². The molecule has 0 aromatic carbocycles. The third kappa shape index (κ3) is 3.19. The minimum atomic E-state index is -0.739. The summed E-state index contributed by atoms with van der Waals surface area (Å²) in [5.74, 6) is -0.0794. The molecule has 4 heteroatoms. The second kappa shape index (κ2) is 3.88. The summed E-state index contributed by atoms with van der Waals surface area (Å²) < 4.78 is 0.191. The third-order valence-corrected chi connectivity index (χ3v) is 3.67. The Kier molecular flexibility index (Phi) is 3.24. The van der Waals surface area contributed by atoms with Gasteiger partial charge in [0.1, 0.15) is 6.04 Å². The monoisotopic (exact) mass is 203 g/mol. The largest absolute Gasteiger partial charge is 0.480 e. The van der Waals surface area contributed by atoms with Crippen LogP contribution in [0.4, 0.5) is 0 Å². The maximum absolute atomic E-state index is 10.8. The molecule has 0 amide bonds. The van der Waals surface area contributed by atoms with Gasteiger partial charge in [-0.05, 0) is 13.3 Å². The van der Waals surface area contributed by atoms with Gasteiger partial charge >= 0.3 is 5.97 Å². The lowest BCUT2D eigenvalue weighted by atomic mass is 10.0. The van der Waals surface area contributed by atoms with Gasteiger partial charge in [0.05, 0.1) is 0 Å². The van der Waals surface area contributed by atoms with Crippen LogP contribution in [-0.4, -0.2) is 33.7 Å². The number of nitrogens with one attached hydrogen (secondary N) is 1. The topological polar surface area (TPSA) is 49.3 Å². The molecule has 0 aromatic rings. The smallest absolute Gasteiger partial charge is 0.321 e. The molecule has 0 radical (unpaired) electrons. The second-order valence-electron chi connectivity index (χ2n) is 4.23. The molecule has 0 aliphatic carbocycles. The predicted molar refractivity (Wildman–Crippen MR) is 55.2 cm³/mol. The molecular formula is C9H17NO2S. The van der Waals surface area contributed by atoms with Gasteiger partial charge in [-0.15, -0.1) is 0 Å². The molecule has 1 aliphatic heterocycles. The average molecular weight is 203 g/mol. The molecule has 13 heavy (non-hydrogen) atoms. The summed E-state index contributed by atoms with van der Waals surface area (Å²) in [7, 11) is 0. The number of carboxylic acid groups (broad SMARTS) is 1. The fourth-order valence-electron chi connectivity index (χ4n) is 1.70. The Labute approximate surface area is 83.3 Å². The molecule has 1 aliphatic rings. The molecule has 3 nitrogen and oxygen atoms in total. The number of hydrogen-bond acceptors (Lipinski definition) is 3. The zero-order valence-corrected chi connectivity index (χ0v) is 9.15. The molecule has 1 fully saturated rings. The summed E-state index contributed by atoms with van der Waals surface area (Å²) in [5, 5.41) is 12.0. The van der Waals surface area contributed by atoms with Crippen molar-refractivity contribution in [3.05, 3.63) is 0 Å². The molecule has 1 rings (SSSR count). The van der Waals surface area contributed by atoms with Gasteiger partial charge in [0.15, 0.2) is 0 Å². The van der Waals surface area contributed by atoms with E-state index >= 15 is 0 Å². The average Bonchev–Trinajstić information content (AvgIpc) is 2.07. The van der Waals surface area contributed by atoms with E-state index in [4.69, 9.17) is 5.11 Å². The number of hydrogen-bond donors (Lipinski definition) is 2. The van der Waals surface area contributed by atoms with E-state index in [1.165, 1.54) is 0 Å². The fraction of sp³-hybridized carbons (Fsp3) is 0.889. The van der Waals surface area contributed by atoms with E-state index in [0.29, 0.717) is 5.75 Å². The zero-order chi connectivity index (χ0) is 10.1. The highest BCUT2D eigenvalue weighted by Crippen LogP contribution is 2.32. The van der Waals surface area contributed by atoms with Crippen molar-refractivity contribution in [1.29, 1.82) is 0 Å². The van der Waals surface area contributed by atoms with Gasteiger partial charge in [0, 0.05) is 16.5 Å². The van der Waals surface area contributed by atoms with Crippen LogP contribution in [0.2, 0.25) is 0 Å². The van der Waals surface area contributed by atoms with Gasteiger partial charge in [-0.1, -0.05) is 13.8 Å². The van der Waals surface area contributed by atoms with Crippen LogP contribution in [0, 0.1) is 0 Å². The van der Waals surface area contributed by atoms with Crippen LogP contribution in [0.5, 0.6) is 0 Å². The molecule has 0 bridgehead atoms.